The van der Waals surface area contributed by atoms with E-state index in [0.29, 0.717) is 5.95 Å². The number of halogens is 1. The average Bonchev–Trinajstić information content (AvgIpc) is 3.12. The predicted molar refractivity (Wildman–Crippen MR) is 122 cm³/mol. The Morgan fingerprint density at radius 1 is 1.07 bits per heavy atom. The number of hydrogen-bond acceptors (Lipinski definition) is 6. The number of nitrogens with one attached hydrogen (secondary N) is 1. The highest BCUT2D eigenvalue weighted by Crippen LogP contribution is 2.35. The van der Waals surface area contributed by atoms with Crippen LogP contribution in [0.25, 0.3) is 6.08 Å². The molecule has 7 heteroatoms. The number of ether oxygens (including phenoxy) is 1. The smallest absolute Gasteiger partial charge is 0.243 e. The fourth-order valence-corrected chi connectivity index (χ4v) is 4.00. The highest BCUT2D eigenvalue weighted by atomic mass is 35.5. The summed E-state index contributed by atoms with van der Waals surface area (Å²) >= 11 is 6.04. The van der Waals surface area contributed by atoms with Crippen molar-refractivity contribution in [3.8, 4) is 0 Å². The van der Waals surface area contributed by atoms with Crippen LogP contribution >= 0.6 is 11.6 Å². The van der Waals surface area contributed by atoms with Gasteiger partial charge in [-0.1, -0.05) is 23.7 Å². The Labute approximate surface area is 182 Å². The zero-order valence-electron chi connectivity index (χ0n) is 17.4. The minimum atomic E-state index is 0.521. The number of aryl methyl sites for hydroxylation is 2. The average molecular weight is 424 g/mol. The van der Waals surface area contributed by atoms with Gasteiger partial charge in [0.2, 0.25) is 5.95 Å². The fourth-order valence-electron chi connectivity index (χ4n) is 3.88. The maximum Gasteiger partial charge on any atom is 0.243 e. The van der Waals surface area contributed by atoms with Crippen molar-refractivity contribution in [3.05, 3.63) is 69.1 Å². The molecule has 1 N–H and O–H groups in total. The molecule has 6 nitrogen and oxygen atoms in total. The Kier molecular flexibility index (Phi) is 6.45. The molecule has 0 atom stereocenters. The van der Waals surface area contributed by atoms with Crippen molar-refractivity contribution in [3.63, 3.8) is 0 Å². The van der Waals surface area contributed by atoms with E-state index in [1.54, 1.807) is 0 Å². The highest BCUT2D eigenvalue weighted by molar-refractivity contribution is 6.30. The van der Waals surface area contributed by atoms with Gasteiger partial charge in [0, 0.05) is 35.2 Å². The number of nitrogens with zero attached hydrogens (tertiary/aromatic N) is 4. The molecule has 0 spiro atoms. The second-order valence-corrected chi connectivity index (χ2v) is 7.98. The summed E-state index contributed by atoms with van der Waals surface area (Å²) in [7, 11) is 0. The maximum absolute atomic E-state index is 6.04. The van der Waals surface area contributed by atoms with Crippen LogP contribution < -0.4 is 5.43 Å². The normalized spacial score (nSPS) is 18.6. The second-order valence-electron chi connectivity index (χ2n) is 7.54. The van der Waals surface area contributed by atoms with Crippen LogP contribution in [0.3, 0.4) is 0 Å². The Bertz CT molecular complexity index is 971. The Morgan fingerprint density at radius 2 is 1.77 bits per heavy atom. The topological polar surface area (TPSA) is 62.6 Å². The van der Waals surface area contributed by atoms with Crippen LogP contribution in [0.4, 0.5) is 5.95 Å². The zero-order chi connectivity index (χ0) is 20.9. The minimum Gasteiger partial charge on any atom is -0.378 e. The molecule has 0 unspecified atom stereocenters. The second kappa shape index (κ2) is 9.41. The molecule has 4 rings (SSSR count). The number of benzene rings is 1. The summed E-state index contributed by atoms with van der Waals surface area (Å²) in [6.07, 6.45) is 6.10. The first-order chi connectivity index (χ1) is 14.6. The molecule has 1 aliphatic heterocycles. The van der Waals surface area contributed by atoms with Gasteiger partial charge < -0.3 is 9.64 Å². The van der Waals surface area contributed by atoms with E-state index >= 15 is 0 Å². The van der Waals surface area contributed by atoms with Gasteiger partial charge in [-0.3, -0.25) is 0 Å². The number of rotatable bonds is 5. The van der Waals surface area contributed by atoms with Gasteiger partial charge in [0.15, 0.2) is 0 Å². The van der Waals surface area contributed by atoms with Crippen LogP contribution in [-0.4, -0.2) is 47.4 Å². The molecule has 1 aromatic heterocycles. The summed E-state index contributed by atoms with van der Waals surface area (Å²) in [4.78, 5) is 11.2. The molecular weight excluding hydrogens is 398 g/mol. The summed E-state index contributed by atoms with van der Waals surface area (Å²) in [5.41, 5.74) is 9.78. The maximum atomic E-state index is 6.04. The standard InChI is InChI=1S/C23H26ClN5O/c1-16-13-17(2)27-23(26-16)28-25-15-20-6-5-19(14-18-3-7-21(24)8-4-18)22(20)29-9-11-30-12-10-29/h3-4,7-8,13-15H,5-6,9-12H2,1-2H3,(H,26,27,28)/b19-14?,25-15-. The Balaban J connectivity index is 1.60. The van der Waals surface area contributed by atoms with Crippen molar-refractivity contribution in [1.29, 1.82) is 0 Å². The molecule has 0 radical (unpaired) electrons. The fraction of sp³-hybridized carbons (Fsp3) is 0.348. The zero-order valence-corrected chi connectivity index (χ0v) is 18.1. The molecule has 156 valence electrons. The molecule has 1 fully saturated rings. The van der Waals surface area contributed by atoms with Crippen molar-refractivity contribution >= 4 is 29.8 Å². The summed E-state index contributed by atoms with van der Waals surface area (Å²) in [6, 6.07) is 9.90. The highest BCUT2D eigenvalue weighted by Gasteiger charge is 2.25. The summed E-state index contributed by atoms with van der Waals surface area (Å²) in [5, 5.41) is 5.19. The molecular formula is C23H26ClN5O. The lowest BCUT2D eigenvalue weighted by atomic mass is 10.1. The van der Waals surface area contributed by atoms with Crippen LogP contribution in [0.15, 0.2) is 52.3 Å². The van der Waals surface area contributed by atoms with E-state index in [1.807, 2.05) is 38.3 Å². The summed E-state index contributed by atoms with van der Waals surface area (Å²) in [6.45, 7) is 7.17. The van der Waals surface area contributed by atoms with Crippen LogP contribution in [0.2, 0.25) is 5.02 Å². The SMILES string of the molecule is Cc1cc(C)nc(N/N=C\C2=C(N3CCOCC3)C(=Cc3ccc(Cl)cc3)CC2)n1. The van der Waals surface area contributed by atoms with E-state index in [2.05, 4.69) is 43.6 Å². The van der Waals surface area contributed by atoms with E-state index in [0.717, 1.165) is 61.1 Å². The van der Waals surface area contributed by atoms with Gasteiger partial charge in [0.1, 0.15) is 0 Å². The van der Waals surface area contributed by atoms with Gasteiger partial charge in [-0.15, -0.1) is 0 Å². The monoisotopic (exact) mass is 423 g/mol. The third-order valence-corrected chi connectivity index (χ3v) is 5.43. The van der Waals surface area contributed by atoms with Gasteiger partial charge in [0.05, 0.1) is 19.4 Å². The number of hydrazone groups is 1. The van der Waals surface area contributed by atoms with Crippen molar-refractivity contribution in [1.82, 2.24) is 14.9 Å². The van der Waals surface area contributed by atoms with E-state index in [4.69, 9.17) is 16.3 Å². The molecule has 1 saturated heterocycles. The molecule has 1 aliphatic carbocycles. The number of anilines is 1. The molecule has 30 heavy (non-hydrogen) atoms. The molecule has 2 aliphatic rings. The molecule has 2 aromatic rings. The lowest BCUT2D eigenvalue weighted by Gasteiger charge is -2.31. The number of aromatic nitrogens is 2. The lowest BCUT2D eigenvalue weighted by molar-refractivity contribution is 0.0548. The largest absolute Gasteiger partial charge is 0.378 e. The van der Waals surface area contributed by atoms with Crippen LogP contribution in [0.1, 0.15) is 29.8 Å². The number of allylic oxidation sites excluding steroid dienone is 2. The van der Waals surface area contributed by atoms with Crippen molar-refractivity contribution in [2.24, 2.45) is 5.10 Å². The first kappa shape index (κ1) is 20.6. The summed E-state index contributed by atoms with van der Waals surface area (Å²) in [5.74, 6) is 0.521. The van der Waals surface area contributed by atoms with Crippen LogP contribution in [-0.2, 0) is 4.74 Å². The van der Waals surface area contributed by atoms with Crippen LogP contribution in [0.5, 0.6) is 0 Å². The Morgan fingerprint density at radius 3 is 2.47 bits per heavy atom. The van der Waals surface area contributed by atoms with Gasteiger partial charge in [-0.05, 0) is 67.7 Å². The van der Waals surface area contributed by atoms with E-state index < -0.39 is 0 Å². The third kappa shape index (κ3) is 5.07. The van der Waals surface area contributed by atoms with Gasteiger partial charge in [-0.2, -0.15) is 5.10 Å². The van der Waals surface area contributed by atoms with Crippen molar-refractivity contribution in [2.75, 3.05) is 31.7 Å². The van der Waals surface area contributed by atoms with Crippen LogP contribution in [0, 0.1) is 13.8 Å². The van der Waals surface area contributed by atoms with Gasteiger partial charge in [-0.25, -0.2) is 15.4 Å². The minimum absolute atomic E-state index is 0.521. The number of hydrogen-bond donors (Lipinski definition) is 1. The van der Waals surface area contributed by atoms with Gasteiger partial charge in [0.25, 0.3) is 0 Å². The van der Waals surface area contributed by atoms with E-state index in [-0.39, 0.29) is 0 Å². The number of morpholine rings is 1. The van der Waals surface area contributed by atoms with E-state index in [1.165, 1.54) is 16.8 Å². The summed E-state index contributed by atoms with van der Waals surface area (Å²) < 4.78 is 5.56. The van der Waals surface area contributed by atoms with Gasteiger partial charge >= 0.3 is 0 Å². The molecule has 2 heterocycles. The van der Waals surface area contributed by atoms with Crippen molar-refractivity contribution in [2.45, 2.75) is 26.7 Å². The third-order valence-electron chi connectivity index (χ3n) is 5.18. The molecule has 0 saturated carbocycles. The lowest BCUT2D eigenvalue weighted by Crippen LogP contribution is -2.36. The van der Waals surface area contributed by atoms with E-state index in [9.17, 15) is 0 Å². The predicted octanol–water partition coefficient (Wildman–Crippen LogP) is 4.61. The van der Waals surface area contributed by atoms with Crippen molar-refractivity contribution < 1.29 is 4.74 Å². The Hall–Kier alpha value is -2.70. The quantitative estimate of drug-likeness (QED) is 0.562. The molecule has 1 aromatic carbocycles. The first-order valence-corrected chi connectivity index (χ1v) is 10.6. The molecule has 0 amide bonds. The first-order valence-electron chi connectivity index (χ1n) is 10.2. The molecule has 0 bridgehead atoms.